The fraction of sp³-hybridized carbons (Fsp3) is 0.769. The molecule has 2 aliphatic rings. The summed E-state index contributed by atoms with van der Waals surface area (Å²) in [5, 5.41) is 14.1. The molecule has 1 aliphatic heterocycles. The molecule has 1 saturated heterocycles. The molecule has 2 atom stereocenters. The maximum atomic E-state index is 12.4. The highest BCUT2D eigenvalue weighted by Gasteiger charge is 2.44. The first-order valence-corrected chi connectivity index (χ1v) is 8.66. The van der Waals surface area contributed by atoms with Crippen LogP contribution in [0.5, 0.6) is 0 Å². The molecule has 2 fully saturated rings. The lowest BCUT2D eigenvalue weighted by molar-refractivity contribution is 0.142. The number of aliphatic hydroxyl groups is 1. The van der Waals surface area contributed by atoms with Gasteiger partial charge in [0.1, 0.15) is 0 Å². The number of aliphatic hydroxyl groups excluding tert-OH is 1. The SMILES string of the molecule is Cn1cc(C(O)CC2CCCN2S(=O)(=O)C2CC2)cn1. The fourth-order valence-corrected chi connectivity index (χ4v) is 5.05. The fourth-order valence-electron chi connectivity index (χ4n) is 2.94. The minimum absolute atomic E-state index is 0.0733. The summed E-state index contributed by atoms with van der Waals surface area (Å²) in [6.07, 6.45) is 6.52. The normalized spacial score (nSPS) is 26.0. The first-order valence-electron chi connectivity index (χ1n) is 7.16. The molecule has 0 radical (unpaired) electrons. The maximum absolute atomic E-state index is 12.4. The Bertz CT molecular complexity index is 579. The summed E-state index contributed by atoms with van der Waals surface area (Å²) in [7, 11) is -1.33. The Balaban J connectivity index is 1.70. The van der Waals surface area contributed by atoms with Gasteiger partial charge in [-0.1, -0.05) is 0 Å². The molecule has 2 heterocycles. The Hall–Kier alpha value is -0.920. The lowest BCUT2D eigenvalue weighted by atomic mass is 10.0. The van der Waals surface area contributed by atoms with Crippen molar-refractivity contribution in [1.29, 1.82) is 0 Å². The van der Waals surface area contributed by atoms with Crippen molar-refractivity contribution >= 4 is 10.0 Å². The summed E-state index contributed by atoms with van der Waals surface area (Å²) >= 11 is 0. The molecule has 0 aromatic carbocycles. The van der Waals surface area contributed by atoms with Crippen molar-refractivity contribution in [3.05, 3.63) is 18.0 Å². The molecule has 1 aliphatic carbocycles. The molecule has 1 aromatic rings. The van der Waals surface area contributed by atoms with Crippen LogP contribution in [0.25, 0.3) is 0 Å². The number of aromatic nitrogens is 2. The summed E-state index contributed by atoms with van der Waals surface area (Å²) in [5.41, 5.74) is 0.753. The zero-order valence-corrected chi connectivity index (χ0v) is 12.5. The molecule has 20 heavy (non-hydrogen) atoms. The predicted octanol–water partition coefficient (Wildman–Crippen LogP) is 0.800. The van der Waals surface area contributed by atoms with Crippen molar-refractivity contribution in [2.24, 2.45) is 7.05 Å². The standard InChI is InChI=1S/C13H21N3O3S/c1-15-9-10(8-14-15)13(17)7-11-3-2-6-16(11)20(18,19)12-4-5-12/h8-9,11-13,17H,2-7H2,1H3. The monoisotopic (exact) mass is 299 g/mol. The molecule has 1 aromatic heterocycles. The van der Waals surface area contributed by atoms with E-state index < -0.39 is 16.1 Å². The second-order valence-corrected chi connectivity index (χ2v) is 8.02. The van der Waals surface area contributed by atoms with E-state index in [1.807, 2.05) is 0 Å². The van der Waals surface area contributed by atoms with Crippen LogP contribution < -0.4 is 0 Å². The van der Waals surface area contributed by atoms with Crippen molar-refractivity contribution in [2.75, 3.05) is 6.54 Å². The van der Waals surface area contributed by atoms with Crippen LogP contribution in [0.15, 0.2) is 12.4 Å². The van der Waals surface area contributed by atoms with Crippen LogP contribution in [-0.4, -0.2) is 45.4 Å². The Kier molecular flexibility index (Phi) is 3.60. The Labute approximate surface area is 119 Å². The Morgan fingerprint density at radius 2 is 2.20 bits per heavy atom. The van der Waals surface area contributed by atoms with Gasteiger partial charge in [-0.2, -0.15) is 9.40 Å². The van der Waals surface area contributed by atoms with E-state index in [1.54, 1.807) is 28.4 Å². The average Bonchev–Trinajstić information content (AvgIpc) is 3.02. The highest BCUT2D eigenvalue weighted by molar-refractivity contribution is 7.90. The van der Waals surface area contributed by atoms with E-state index in [4.69, 9.17) is 0 Å². The van der Waals surface area contributed by atoms with Gasteiger partial charge in [-0.05, 0) is 32.1 Å². The number of hydrogen-bond donors (Lipinski definition) is 1. The lowest BCUT2D eigenvalue weighted by Gasteiger charge is -2.25. The minimum atomic E-state index is -3.14. The van der Waals surface area contributed by atoms with Crippen molar-refractivity contribution in [3.63, 3.8) is 0 Å². The zero-order chi connectivity index (χ0) is 14.3. The predicted molar refractivity (Wildman–Crippen MR) is 74.5 cm³/mol. The van der Waals surface area contributed by atoms with Gasteiger partial charge in [-0.15, -0.1) is 0 Å². The van der Waals surface area contributed by atoms with Gasteiger partial charge in [0.05, 0.1) is 17.6 Å². The number of hydrogen-bond acceptors (Lipinski definition) is 4. The first kappa shape index (κ1) is 14.0. The highest BCUT2D eigenvalue weighted by atomic mass is 32.2. The van der Waals surface area contributed by atoms with Gasteiger partial charge in [-0.25, -0.2) is 8.42 Å². The van der Waals surface area contributed by atoms with Gasteiger partial charge < -0.3 is 5.11 Å². The quantitative estimate of drug-likeness (QED) is 0.872. The van der Waals surface area contributed by atoms with Crippen LogP contribution in [-0.2, 0) is 17.1 Å². The summed E-state index contributed by atoms with van der Waals surface area (Å²) < 4.78 is 28.0. The molecular formula is C13H21N3O3S. The number of nitrogens with zero attached hydrogens (tertiary/aromatic N) is 3. The molecule has 7 heteroatoms. The smallest absolute Gasteiger partial charge is 0.217 e. The molecule has 3 rings (SSSR count). The molecular weight excluding hydrogens is 278 g/mol. The number of aryl methyl sites for hydroxylation is 1. The van der Waals surface area contributed by atoms with E-state index in [-0.39, 0.29) is 11.3 Å². The maximum Gasteiger partial charge on any atom is 0.217 e. The molecule has 6 nitrogen and oxygen atoms in total. The molecule has 1 N–H and O–H groups in total. The van der Waals surface area contributed by atoms with Gasteiger partial charge in [0, 0.05) is 31.4 Å². The van der Waals surface area contributed by atoms with Crippen molar-refractivity contribution in [2.45, 2.75) is 49.5 Å². The van der Waals surface area contributed by atoms with E-state index >= 15 is 0 Å². The molecule has 0 amide bonds. The molecule has 0 bridgehead atoms. The highest BCUT2D eigenvalue weighted by Crippen LogP contribution is 2.37. The van der Waals surface area contributed by atoms with Crippen LogP contribution in [0.3, 0.4) is 0 Å². The third-order valence-electron chi connectivity index (χ3n) is 4.20. The summed E-state index contributed by atoms with van der Waals surface area (Å²) in [6.45, 7) is 0.600. The van der Waals surface area contributed by atoms with Gasteiger partial charge in [0.2, 0.25) is 10.0 Å². The third kappa shape index (κ3) is 2.62. The largest absolute Gasteiger partial charge is 0.388 e. The molecule has 0 spiro atoms. The van der Waals surface area contributed by atoms with Gasteiger partial charge in [0.25, 0.3) is 0 Å². The topological polar surface area (TPSA) is 75.4 Å². The van der Waals surface area contributed by atoms with E-state index in [2.05, 4.69) is 5.10 Å². The van der Waals surface area contributed by atoms with Crippen LogP contribution in [0.1, 0.15) is 43.8 Å². The van der Waals surface area contributed by atoms with Crippen LogP contribution in [0.4, 0.5) is 0 Å². The minimum Gasteiger partial charge on any atom is -0.388 e. The Morgan fingerprint density at radius 1 is 1.45 bits per heavy atom. The van der Waals surface area contributed by atoms with Crippen molar-refractivity contribution in [3.8, 4) is 0 Å². The van der Waals surface area contributed by atoms with Crippen LogP contribution in [0.2, 0.25) is 0 Å². The van der Waals surface area contributed by atoms with Crippen molar-refractivity contribution < 1.29 is 13.5 Å². The summed E-state index contributed by atoms with van der Waals surface area (Å²) in [5.74, 6) is 0. The van der Waals surface area contributed by atoms with E-state index in [9.17, 15) is 13.5 Å². The Morgan fingerprint density at radius 3 is 2.80 bits per heavy atom. The lowest BCUT2D eigenvalue weighted by Crippen LogP contribution is -2.38. The van der Waals surface area contributed by atoms with E-state index in [0.717, 1.165) is 31.2 Å². The number of rotatable bonds is 5. The van der Waals surface area contributed by atoms with Gasteiger partial charge in [0.15, 0.2) is 0 Å². The third-order valence-corrected chi connectivity index (χ3v) is 6.65. The van der Waals surface area contributed by atoms with E-state index in [0.29, 0.717) is 13.0 Å². The zero-order valence-electron chi connectivity index (χ0n) is 11.6. The molecule has 1 saturated carbocycles. The molecule has 112 valence electrons. The summed E-state index contributed by atoms with van der Waals surface area (Å²) in [6, 6.07) is -0.0733. The molecule has 2 unspecified atom stereocenters. The number of sulfonamides is 1. The van der Waals surface area contributed by atoms with Gasteiger partial charge in [-0.3, -0.25) is 4.68 Å². The van der Waals surface area contributed by atoms with Crippen LogP contribution >= 0.6 is 0 Å². The van der Waals surface area contributed by atoms with Gasteiger partial charge >= 0.3 is 0 Å². The average molecular weight is 299 g/mol. The van der Waals surface area contributed by atoms with Crippen molar-refractivity contribution in [1.82, 2.24) is 14.1 Å². The van der Waals surface area contributed by atoms with Crippen LogP contribution in [0, 0.1) is 0 Å². The second-order valence-electron chi connectivity index (χ2n) is 5.85. The second kappa shape index (κ2) is 5.13. The summed E-state index contributed by atoms with van der Waals surface area (Å²) in [4.78, 5) is 0. The first-order chi connectivity index (χ1) is 9.48. The van der Waals surface area contributed by atoms with E-state index in [1.165, 1.54) is 0 Å².